The molecule has 0 saturated heterocycles. The first kappa shape index (κ1) is 12.4. The molecule has 2 aromatic carbocycles. The molecular weight excluding hydrogens is 250 g/mol. The lowest BCUT2D eigenvalue weighted by molar-refractivity contribution is 0.0922. The van der Waals surface area contributed by atoms with E-state index in [0.717, 1.165) is 10.9 Å². The Balaban J connectivity index is 1.79. The molecule has 0 unspecified atom stereocenters. The minimum absolute atomic E-state index is 0.0258. The second kappa shape index (κ2) is 5.53. The van der Waals surface area contributed by atoms with Crippen molar-refractivity contribution in [2.24, 2.45) is 0 Å². The highest BCUT2D eigenvalue weighted by atomic mass is 16.5. The largest absolute Gasteiger partial charge is 0.485 e. The molecule has 0 aliphatic rings. The van der Waals surface area contributed by atoms with E-state index in [4.69, 9.17) is 4.74 Å². The number of nitrogens with zero attached hydrogens (tertiary/aromatic N) is 1. The highest BCUT2D eigenvalue weighted by Crippen LogP contribution is 2.23. The van der Waals surface area contributed by atoms with Gasteiger partial charge in [-0.3, -0.25) is 9.78 Å². The van der Waals surface area contributed by atoms with E-state index in [0.29, 0.717) is 11.3 Å². The number of ketones is 1. The van der Waals surface area contributed by atoms with Gasteiger partial charge in [-0.1, -0.05) is 36.4 Å². The van der Waals surface area contributed by atoms with Gasteiger partial charge in [0.15, 0.2) is 12.4 Å². The summed E-state index contributed by atoms with van der Waals surface area (Å²) in [5.41, 5.74) is 1.52. The molecule has 0 fully saturated rings. The number of pyridine rings is 1. The molecule has 20 heavy (non-hydrogen) atoms. The molecule has 1 heterocycles. The van der Waals surface area contributed by atoms with Crippen molar-refractivity contribution in [3.63, 3.8) is 0 Å². The van der Waals surface area contributed by atoms with Crippen LogP contribution in [0.4, 0.5) is 0 Å². The summed E-state index contributed by atoms with van der Waals surface area (Å²) in [6, 6.07) is 18.6. The Morgan fingerprint density at radius 1 is 0.950 bits per heavy atom. The normalized spacial score (nSPS) is 10.4. The predicted octanol–water partition coefficient (Wildman–Crippen LogP) is 3.50. The summed E-state index contributed by atoms with van der Waals surface area (Å²) in [6.45, 7) is 0.0258. The van der Waals surface area contributed by atoms with Crippen LogP contribution in [-0.2, 0) is 0 Å². The third kappa shape index (κ3) is 2.52. The van der Waals surface area contributed by atoms with Gasteiger partial charge < -0.3 is 4.74 Å². The molecule has 0 amide bonds. The molecule has 0 saturated carbocycles. The lowest BCUT2D eigenvalue weighted by atomic mass is 10.1. The first-order chi connectivity index (χ1) is 9.84. The molecule has 3 aromatic rings. The topological polar surface area (TPSA) is 39.2 Å². The Morgan fingerprint density at radius 3 is 2.65 bits per heavy atom. The molecule has 3 rings (SSSR count). The summed E-state index contributed by atoms with van der Waals surface area (Å²) in [7, 11) is 0. The fourth-order valence-electron chi connectivity index (χ4n) is 2.05. The van der Waals surface area contributed by atoms with Crippen LogP contribution in [-0.4, -0.2) is 17.4 Å². The van der Waals surface area contributed by atoms with Gasteiger partial charge in [-0.25, -0.2) is 0 Å². The van der Waals surface area contributed by atoms with Crippen molar-refractivity contribution in [2.75, 3.05) is 6.61 Å². The van der Waals surface area contributed by atoms with Gasteiger partial charge in [0.2, 0.25) is 0 Å². The van der Waals surface area contributed by atoms with Gasteiger partial charge in [0, 0.05) is 17.1 Å². The summed E-state index contributed by atoms with van der Waals surface area (Å²) >= 11 is 0. The van der Waals surface area contributed by atoms with Gasteiger partial charge in [0.05, 0.1) is 5.52 Å². The van der Waals surface area contributed by atoms with Gasteiger partial charge in [-0.05, 0) is 24.3 Å². The van der Waals surface area contributed by atoms with Crippen molar-refractivity contribution in [2.45, 2.75) is 0 Å². The van der Waals surface area contributed by atoms with E-state index >= 15 is 0 Å². The van der Waals surface area contributed by atoms with Gasteiger partial charge >= 0.3 is 0 Å². The molecule has 0 aliphatic carbocycles. The first-order valence-electron chi connectivity index (χ1n) is 6.39. The number of carbonyl (C=O) groups is 1. The smallest absolute Gasteiger partial charge is 0.200 e. The van der Waals surface area contributed by atoms with Crippen molar-refractivity contribution < 1.29 is 9.53 Å². The average molecular weight is 263 g/mol. The standard InChI is InChI=1S/C17H13NO2/c19-16(13-6-2-1-3-7-13)12-20-17-10-4-9-15-14(17)8-5-11-18-15/h1-11H,12H2. The van der Waals surface area contributed by atoms with Gasteiger partial charge in [-0.2, -0.15) is 0 Å². The van der Waals surface area contributed by atoms with Crippen LogP contribution in [0.2, 0.25) is 0 Å². The van der Waals surface area contributed by atoms with Crippen LogP contribution in [0, 0.1) is 0 Å². The average Bonchev–Trinajstić information content (AvgIpc) is 2.53. The number of aromatic nitrogens is 1. The molecular formula is C17H13NO2. The molecule has 3 nitrogen and oxygen atoms in total. The van der Waals surface area contributed by atoms with Gasteiger partial charge in [-0.15, -0.1) is 0 Å². The quantitative estimate of drug-likeness (QED) is 0.676. The zero-order chi connectivity index (χ0) is 13.8. The highest BCUT2D eigenvalue weighted by molar-refractivity contribution is 5.97. The zero-order valence-corrected chi connectivity index (χ0v) is 10.8. The predicted molar refractivity (Wildman–Crippen MR) is 78.0 cm³/mol. The fraction of sp³-hybridized carbons (Fsp3) is 0.0588. The number of ether oxygens (including phenoxy) is 1. The monoisotopic (exact) mass is 263 g/mol. The Labute approximate surface area is 116 Å². The maximum Gasteiger partial charge on any atom is 0.200 e. The Kier molecular flexibility index (Phi) is 3.42. The fourth-order valence-corrected chi connectivity index (χ4v) is 2.05. The minimum Gasteiger partial charge on any atom is -0.485 e. The van der Waals surface area contributed by atoms with E-state index in [1.165, 1.54) is 0 Å². The number of carbonyl (C=O) groups excluding carboxylic acids is 1. The summed E-state index contributed by atoms with van der Waals surface area (Å²) in [6.07, 6.45) is 1.74. The molecule has 0 atom stereocenters. The van der Waals surface area contributed by atoms with E-state index in [1.807, 2.05) is 48.5 Å². The highest BCUT2D eigenvalue weighted by Gasteiger charge is 2.08. The molecule has 1 aromatic heterocycles. The first-order valence-corrected chi connectivity index (χ1v) is 6.39. The van der Waals surface area contributed by atoms with Crippen molar-refractivity contribution in [3.8, 4) is 5.75 Å². The minimum atomic E-state index is -0.0357. The third-order valence-electron chi connectivity index (χ3n) is 3.06. The molecule has 0 radical (unpaired) electrons. The maximum absolute atomic E-state index is 12.0. The second-order valence-electron chi connectivity index (χ2n) is 4.40. The summed E-state index contributed by atoms with van der Waals surface area (Å²) in [5, 5.41) is 0.913. The van der Waals surface area contributed by atoms with Crippen molar-refractivity contribution >= 4 is 16.7 Å². The van der Waals surface area contributed by atoms with Gasteiger partial charge in [0.25, 0.3) is 0 Å². The SMILES string of the molecule is O=C(COc1cccc2ncccc12)c1ccccc1. The third-order valence-corrected chi connectivity index (χ3v) is 3.06. The van der Waals surface area contributed by atoms with E-state index in [-0.39, 0.29) is 12.4 Å². The Bertz CT molecular complexity index is 733. The van der Waals surface area contributed by atoms with Crippen LogP contribution >= 0.6 is 0 Å². The van der Waals surface area contributed by atoms with Crippen LogP contribution in [0.15, 0.2) is 66.9 Å². The Morgan fingerprint density at radius 2 is 1.80 bits per heavy atom. The van der Waals surface area contributed by atoms with Gasteiger partial charge in [0.1, 0.15) is 5.75 Å². The number of rotatable bonds is 4. The molecule has 98 valence electrons. The maximum atomic E-state index is 12.0. The van der Waals surface area contributed by atoms with Crippen LogP contribution in [0.5, 0.6) is 5.75 Å². The Hall–Kier alpha value is -2.68. The summed E-state index contributed by atoms with van der Waals surface area (Å²) in [5.74, 6) is 0.645. The number of Topliss-reactive ketones (excluding diaryl/α,β-unsaturated/α-hetero) is 1. The van der Waals surface area contributed by atoms with E-state index < -0.39 is 0 Å². The van der Waals surface area contributed by atoms with E-state index in [1.54, 1.807) is 18.3 Å². The lowest BCUT2D eigenvalue weighted by Crippen LogP contribution is -2.11. The van der Waals surface area contributed by atoms with Crippen molar-refractivity contribution in [1.29, 1.82) is 0 Å². The molecule has 0 aliphatic heterocycles. The molecule has 0 spiro atoms. The van der Waals surface area contributed by atoms with Crippen molar-refractivity contribution in [3.05, 3.63) is 72.4 Å². The number of hydrogen-bond acceptors (Lipinski definition) is 3. The zero-order valence-electron chi connectivity index (χ0n) is 10.8. The van der Waals surface area contributed by atoms with Crippen LogP contribution in [0.1, 0.15) is 10.4 Å². The van der Waals surface area contributed by atoms with Crippen LogP contribution < -0.4 is 4.74 Å². The molecule has 3 heteroatoms. The number of benzene rings is 2. The number of fused-ring (bicyclic) bond motifs is 1. The van der Waals surface area contributed by atoms with Crippen LogP contribution in [0.25, 0.3) is 10.9 Å². The number of hydrogen-bond donors (Lipinski definition) is 0. The van der Waals surface area contributed by atoms with Crippen LogP contribution in [0.3, 0.4) is 0 Å². The second-order valence-corrected chi connectivity index (χ2v) is 4.40. The molecule has 0 bridgehead atoms. The summed E-state index contributed by atoms with van der Waals surface area (Å²) in [4.78, 5) is 16.3. The van der Waals surface area contributed by atoms with Crippen molar-refractivity contribution in [1.82, 2.24) is 4.98 Å². The van der Waals surface area contributed by atoms with E-state index in [9.17, 15) is 4.79 Å². The lowest BCUT2D eigenvalue weighted by Gasteiger charge is -2.08. The van der Waals surface area contributed by atoms with E-state index in [2.05, 4.69) is 4.98 Å². The molecule has 0 N–H and O–H groups in total. The summed E-state index contributed by atoms with van der Waals surface area (Å²) < 4.78 is 5.65.